The smallest absolute Gasteiger partial charge is 0.270 e. The van der Waals surface area contributed by atoms with Crippen LogP contribution in [-0.2, 0) is 4.79 Å². The van der Waals surface area contributed by atoms with Crippen LogP contribution in [0.4, 0.5) is 0 Å². The number of aliphatic hydroxyl groups is 1. The van der Waals surface area contributed by atoms with Gasteiger partial charge in [0.2, 0.25) is 5.91 Å². The van der Waals surface area contributed by atoms with Gasteiger partial charge < -0.3 is 20.7 Å². The maximum absolute atomic E-state index is 12.8. The lowest BCUT2D eigenvalue weighted by molar-refractivity contribution is -0.125. The Bertz CT molecular complexity index is 1030. The number of aliphatic hydroxyl groups excluding tert-OH is 1. The van der Waals surface area contributed by atoms with E-state index in [9.17, 15) is 14.7 Å². The first kappa shape index (κ1) is 20.8. The number of hydrogen-bond acceptors (Lipinski definition) is 4. The van der Waals surface area contributed by atoms with Crippen molar-refractivity contribution in [1.82, 2.24) is 20.6 Å². The molecule has 2 heterocycles. The molecule has 0 fully saturated rings. The number of aromatic nitrogens is 2. The summed E-state index contributed by atoms with van der Waals surface area (Å²) in [4.78, 5) is 33.1. The van der Waals surface area contributed by atoms with E-state index in [0.29, 0.717) is 0 Å². The van der Waals surface area contributed by atoms with Crippen LogP contribution in [0.25, 0.3) is 21.8 Å². The van der Waals surface area contributed by atoms with Crippen molar-refractivity contribution in [3.63, 3.8) is 0 Å². The zero-order chi connectivity index (χ0) is 21.1. The molecule has 0 aliphatic rings. The Morgan fingerprint density at radius 2 is 1.76 bits per heavy atom. The van der Waals surface area contributed by atoms with Gasteiger partial charge in [-0.25, -0.2) is 4.98 Å². The van der Waals surface area contributed by atoms with Gasteiger partial charge in [-0.3, -0.25) is 9.59 Å². The summed E-state index contributed by atoms with van der Waals surface area (Å²) in [7, 11) is 0. The van der Waals surface area contributed by atoms with Crippen molar-refractivity contribution in [3.05, 3.63) is 42.2 Å². The lowest BCUT2D eigenvalue weighted by Gasteiger charge is -2.26. The van der Waals surface area contributed by atoms with Gasteiger partial charge in [0.25, 0.3) is 5.91 Å². The predicted octanol–water partition coefficient (Wildman–Crippen LogP) is 2.60. The monoisotopic (exact) mass is 396 g/mol. The Balaban J connectivity index is 1.82. The Labute approximate surface area is 169 Å². The van der Waals surface area contributed by atoms with Crippen molar-refractivity contribution in [2.75, 3.05) is 6.61 Å². The van der Waals surface area contributed by atoms with E-state index in [2.05, 4.69) is 20.6 Å². The minimum absolute atomic E-state index is 0.0819. The van der Waals surface area contributed by atoms with E-state index in [0.717, 1.165) is 21.8 Å². The van der Waals surface area contributed by atoms with Gasteiger partial charge >= 0.3 is 0 Å². The molecule has 2 unspecified atom stereocenters. The molecule has 154 valence electrons. The number of carbonyl (C=O) groups excluding carboxylic acids is 2. The number of rotatable bonds is 7. The number of nitrogens with zero attached hydrogens (tertiary/aromatic N) is 1. The number of H-pyrrole nitrogens is 1. The molecule has 2 amide bonds. The van der Waals surface area contributed by atoms with Gasteiger partial charge in [0.15, 0.2) is 0 Å². The summed E-state index contributed by atoms with van der Waals surface area (Å²) < 4.78 is 0. The number of carbonyl (C=O) groups is 2. The van der Waals surface area contributed by atoms with E-state index in [1.807, 2.05) is 52.0 Å². The van der Waals surface area contributed by atoms with Crippen molar-refractivity contribution in [2.45, 2.75) is 39.8 Å². The van der Waals surface area contributed by atoms with Crippen LogP contribution in [0.15, 0.2) is 36.5 Å². The molecule has 2 aromatic heterocycles. The first-order valence-corrected chi connectivity index (χ1v) is 9.90. The Morgan fingerprint density at radius 1 is 1.03 bits per heavy atom. The van der Waals surface area contributed by atoms with Crippen LogP contribution in [-0.4, -0.2) is 45.6 Å². The molecule has 29 heavy (non-hydrogen) atoms. The first-order valence-electron chi connectivity index (χ1n) is 9.90. The summed E-state index contributed by atoms with van der Waals surface area (Å²) >= 11 is 0. The number of hydrogen-bond donors (Lipinski definition) is 4. The van der Waals surface area contributed by atoms with Crippen LogP contribution in [0, 0.1) is 11.8 Å². The zero-order valence-corrected chi connectivity index (χ0v) is 17.2. The summed E-state index contributed by atoms with van der Waals surface area (Å²) in [6.45, 7) is 7.42. The lowest BCUT2D eigenvalue weighted by Crippen LogP contribution is -2.54. The van der Waals surface area contributed by atoms with Crippen LogP contribution >= 0.6 is 0 Å². The number of benzene rings is 1. The number of nitrogens with one attached hydrogen (secondary N) is 3. The maximum Gasteiger partial charge on any atom is 0.270 e. The van der Waals surface area contributed by atoms with Gasteiger partial charge in [-0.15, -0.1) is 0 Å². The van der Waals surface area contributed by atoms with Gasteiger partial charge in [-0.2, -0.15) is 0 Å². The maximum atomic E-state index is 12.8. The summed E-state index contributed by atoms with van der Waals surface area (Å²) in [6.07, 6.45) is 1.63. The van der Waals surface area contributed by atoms with Gasteiger partial charge in [0.05, 0.1) is 24.4 Å². The topological polar surface area (TPSA) is 107 Å². The molecule has 4 N–H and O–H groups in total. The van der Waals surface area contributed by atoms with Crippen LogP contribution in [0.2, 0.25) is 0 Å². The quantitative estimate of drug-likeness (QED) is 0.492. The van der Waals surface area contributed by atoms with Gasteiger partial charge in [-0.1, -0.05) is 45.9 Å². The molecule has 7 nitrogen and oxygen atoms in total. The average molecular weight is 396 g/mol. The van der Waals surface area contributed by atoms with Crippen LogP contribution in [0.3, 0.4) is 0 Å². The minimum Gasteiger partial charge on any atom is -0.394 e. The number of pyridine rings is 1. The third-order valence-electron chi connectivity index (χ3n) is 5.19. The van der Waals surface area contributed by atoms with E-state index in [-0.39, 0.29) is 36.1 Å². The second-order valence-corrected chi connectivity index (χ2v) is 8.02. The largest absolute Gasteiger partial charge is 0.394 e. The second-order valence-electron chi connectivity index (χ2n) is 8.02. The average Bonchev–Trinajstić information content (AvgIpc) is 3.07. The fraction of sp³-hybridized carbons (Fsp3) is 0.409. The number of amides is 2. The Kier molecular flexibility index (Phi) is 6.17. The van der Waals surface area contributed by atoms with E-state index in [4.69, 9.17) is 0 Å². The molecule has 0 saturated heterocycles. The molecular weight excluding hydrogens is 368 g/mol. The van der Waals surface area contributed by atoms with Crippen molar-refractivity contribution in [3.8, 4) is 0 Å². The van der Waals surface area contributed by atoms with E-state index in [1.54, 1.807) is 12.3 Å². The molecular formula is C22H28N4O3. The van der Waals surface area contributed by atoms with Crippen molar-refractivity contribution in [1.29, 1.82) is 0 Å². The predicted molar refractivity (Wildman–Crippen MR) is 114 cm³/mol. The molecule has 0 radical (unpaired) electrons. The third-order valence-corrected chi connectivity index (χ3v) is 5.19. The fourth-order valence-corrected chi connectivity index (χ4v) is 3.32. The molecule has 0 spiro atoms. The van der Waals surface area contributed by atoms with E-state index in [1.165, 1.54) is 0 Å². The van der Waals surface area contributed by atoms with Crippen LogP contribution < -0.4 is 10.6 Å². The van der Waals surface area contributed by atoms with E-state index >= 15 is 0 Å². The molecule has 0 bridgehead atoms. The van der Waals surface area contributed by atoms with Gasteiger partial charge in [-0.05, 0) is 24.0 Å². The number of fused-ring (bicyclic) bond motifs is 3. The zero-order valence-electron chi connectivity index (χ0n) is 17.2. The minimum atomic E-state index is -0.726. The normalized spacial score (nSPS) is 13.8. The third kappa shape index (κ3) is 4.40. The standard InChI is InChI=1S/C22H28N4O3/c1-12(2)19(11-27)25-22(29)20(13(3)4)26-21(28)17-9-15-14-7-5-6-8-16(14)24-18(15)10-23-17/h5-10,12-13,19-20,24,27H,11H2,1-4H3,(H,25,29)(H,26,28). The highest BCUT2D eigenvalue weighted by Gasteiger charge is 2.27. The Hall–Kier alpha value is -2.93. The van der Waals surface area contributed by atoms with Gasteiger partial charge in [0, 0.05) is 16.3 Å². The SMILES string of the molecule is CC(C)C(CO)NC(=O)C(NC(=O)c1cc2c(cn1)[nH]c1ccccc12)C(C)C. The summed E-state index contributed by atoms with van der Waals surface area (Å²) in [5.41, 5.74) is 2.08. The number of para-hydroxylation sites is 1. The van der Waals surface area contributed by atoms with Crippen LogP contribution in [0.1, 0.15) is 38.2 Å². The highest BCUT2D eigenvalue weighted by atomic mass is 16.3. The van der Waals surface area contributed by atoms with Gasteiger partial charge in [0.1, 0.15) is 11.7 Å². The van der Waals surface area contributed by atoms with Crippen molar-refractivity contribution in [2.24, 2.45) is 11.8 Å². The Morgan fingerprint density at radius 3 is 2.41 bits per heavy atom. The second kappa shape index (κ2) is 8.61. The number of aromatic amines is 1. The summed E-state index contributed by atoms with van der Waals surface area (Å²) in [5, 5.41) is 17.0. The molecule has 2 atom stereocenters. The first-order chi connectivity index (χ1) is 13.8. The van der Waals surface area contributed by atoms with Crippen LogP contribution in [0.5, 0.6) is 0 Å². The van der Waals surface area contributed by atoms with Crippen molar-refractivity contribution < 1.29 is 14.7 Å². The molecule has 3 aromatic rings. The summed E-state index contributed by atoms with van der Waals surface area (Å²) in [6, 6.07) is 8.51. The fourth-order valence-electron chi connectivity index (χ4n) is 3.32. The molecule has 0 saturated carbocycles. The summed E-state index contributed by atoms with van der Waals surface area (Å²) in [5.74, 6) is -0.758. The van der Waals surface area contributed by atoms with Crippen molar-refractivity contribution >= 4 is 33.6 Å². The van der Waals surface area contributed by atoms with E-state index < -0.39 is 11.9 Å². The lowest BCUT2D eigenvalue weighted by atomic mass is 10.0. The molecule has 3 rings (SSSR count). The highest BCUT2D eigenvalue weighted by Crippen LogP contribution is 2.25. The molecule has 0 aliphatic heterocycles. The molecule has 0 aliphatic carbocycles. The molecule has 7 heteroatoms. The molecule has 1 aromatic carbocycles. The highest BCUT2D eigenvalue weighted by molar-refractivity contribution is 6.09.